The van der Waals surface area contributed by atoms with Crippen molar-refractivity contribution in [1.29, 1.82) is 0 Å². The third-order valence-corrected chi connectivity index (χ3v) is 5.46. The molecule has 2 unspecified atom stereocenters. The Bertz CT molecular complexity index is 266. The van der Waals surface area contributed by atoms with Crippen LogP contribution in [0.3, 0.4) is 0 Å². The van der Waals surface area contributed by atoms with E-state index in [4.69, 9.17) is 14.2 Å². The van der Waals surface area contributed by atoms with Gasteiger partial charge in [-0.15, -0.1) is 11.8 Å². The molecule has 3 fully saturated rings. The first-order valence-corrected chi connectivity index (χ1v) is 7.44. The maximum atomic E-state index is 5.84. The number of rotatable bonds is 3. The molecule has 0 aromatic carbocycles. The summed E-state index contributed by atoms with van der Waals surface area (Å²) in [6.07, 6.45) is 3.18. The van der Waals surface area contributed by atoms with Crippen LogP contribution in [0.4, 0.5) is 0 Å². The average molecular weight is 259 g/mol. The molecule has 17 heavy (non-hydrogen) atoms. The zero-order valence-electron chi connectivity index (χ0n) is 10.3. The van der Waals surface area contributed by atoms with Crippen molar-refractivity contribution in [3.8, 4) is 0 Å². The summed E-state index contributed by atoms with van der Waals surface area (Å²) in [7, 11) is 2.06. The van der Waals surface area contributed by atoms with Gasteiger partial charge in [-0.1, -0.05) is 0 Å². The van der Waals surface area contributed by atoms with Crippen molar-refractivity contribution in [3.63, 3.8) is 0 Å². The lowest BCUT2D eigenvalue weighted by molar-refractivity contribution is -0.177. The zero-order valence-corrected chi connectivity index (χ0v) is 11.1. The highest BCUT2D eigenvalue weighted by Crippen LogP contribution is 2.42. The molecule has 4 nitrogen and oxygen atoms in total. The fourth-order valence-electron chi connectivity index (χ4n) is 2.88. The summed E-state index contributed by atoms with van der Waals surface area (Å²) in [6, 6.07) is 0.582. The van der Waals surface area contributed by atoms with Gasteiger partial charge in [0.15, 0.2) is 5.79 Å². The molecule has 1 saturated carbocycles. The molecule has 2 saturated heterocycles. The van der Waals surface area contributed by atoms with Crippen LogP contribution in [0.25, 0.3) is 0 Å². The van der Waals surface area contributed by atoms with Crippen molar-refractivity contribution in [2.24, 2.45) is 0 Å². The van der Waals surface area contributed by atoms with Gasteiger partial charge in [0.25, 0.3) is 0 Å². The van der Waals surface area contributed by atoms with E-state index in [1.165, 1.54) is 0 Å². The molecule has 3 aliphatic rings. The lowest BCUT2D eigenvalue weighted by Gasteiger charge is -2.42. The van der Waals surface area contributed by atoms with Crippen LogP contribution < -0.4 is 5.32 Å². The molecular formula is C12H21NO3S. The molecule has 0 bridgehead atoms. The lowest BCUT2D eigenvalue weighted by atomic mass is 9.89. The van der Waals surface area contributed by atoms with Gasteiger partial charge >= 0.3 is 0 Å². The molecule has 2 aliphatic heterocycles. The maximum absolute atomic E-state index is 5.84. The number of hydrogen-bond donors (Lipinski definition) is 1. The minimum Gasteiger partial charge on any atom is -0.379 e. The van der Waals surface area contributed by atoms with Crippen molar-refractivity contribution in [2.45, 2.75) is 41.6 Å². The molecule has 0 radical (unpaired) electrons. The van der Waals surface area contributed by atoms with Gasteiger partial charge in [0, 0.05) is 24.1 Å². The van der Waals surface area contributed by atoms with Crippen LogP contribution in [0.2, 0.25) is 0 Å². The van der Waals surface area contributed by atoms with Gasteiger partial charge in [-0.2, -0.15) is 0 Å². The van der Waals surface area contributed by atoms with Gasteiger partial charge in [0.1, 0.15) is 0 Å². The standard InChI is InChI=1S/C12H21NO3S/c1-13-10-2-3-12(15-4-5-16-12)6-11(10)17-9-7-14-8-9/h9-11,13H,2-8H2,1H3. The highest BCUT2D eigenvalue weighted by molar-refractivity contribution is 8.00. The molecule has 2 heterocycles. The Hall–Kier alpha value is 0.190. The second kappa shape index (κ2) is 5.05. The summed E-state index contributed by atoms with van der Waals surface area (Å²) in [4.78, 5) is 0. The summed E-state index contributed by atoms with van der Waals surface area (Å²) >= 11 is 2.05. The van der Waals surface area contributed by atoms with Gasteiger partial charge < -0.3 is 19.5 Å². The molecule has 1 N–H and O–H groups in total. The Kier molecular flexibility index (Phi) is 3.64. The van der Waals surface area contributed by atoms with Gasteiger partial charge in [0.05, 0.1) is 31.7 Å². The first-order valence-electron chi connectivity index (χ1n) is 6.50. The summed E-state index contributed by atoms with van der Waals surface area (Å²) in [6.45, 7) is 3.33. The number of nitrogens with one attached hydrogen (secondary N) is 1. The fraction of sp³-hybridized carbons (Fsp3) is 1.00. The Morgan fingerprint density at radius 2 is 2.00 bits per heavy atom. The molecule has 0 aromatic rings. The van der Waals surface area contributed by atoms with Gasteiger partial charge in [-0.25, -0.2) is 0 Å². The minimum absolute atomic E-state index is 0.268. The average Bonchev–Trinajstić information content (AvgIpc) is 2.72. The largest absolute Gasteiger partial charge is 0.379 e. The van der Waals surface area contributed by atoms with Crippen LogP contribution in [0.1, 0.15) is 19.3 Å². The highest BCUT2D eigenvalue weighted by atomic mass is 32.2. The molecule has 5 heteroatoms. The third kappa shape index (κ3) is 2.49. The lowest BCUT2D eigenvalue weighted by Crippen LogP contribution is -2.50. The van der Waals surface area contributed by atoms with Crippen LogP contribution in [0.15, 0.2) is 0 Å². The van der Waals surface area contributed by atoms with Gasteiger partial charge in [-0.3, -0.25) is 0 Å². The summed E-state index contributed by atoms with van der Waals surface area (Å²) in [5, 5.41) is 4.70. The smallest absolute Gasteiger partial charge is 0.169 e. The van der Waals surface area contributed by atoms with E-state index in [0.29, 0.717) is 16.5 Å². The van der Waals surface area contributed by atoms with Crippen LogP contribution in [-0.2, 0) is 14.2 Å². The summed E-state index contributed by atoms with van der Waals surface area (Å²) in [5.74, 6) is -0.268. The second-order valence-electron chi connectivity index (χ2n) is 5.08. The van der Waals surface area contributed by atoms with Crippen molar-refractivity contribution in [2.75, 3.05) is 33.5 Å². The minimum atomic E-state index is -0.268. The predicted octanol–water partition coefficient (Wildman–Crippen LogP) is 1.00. The molecule has 3 rings (SSSR count). The van der Waals surface area contributed by atoms with Crippen LogP contribution in [0.5, 0.6) is 0 Å². The monoisotopic (exact) mass is 259 g/mol. The number of ether oxygens (including phenoxy) is 3. The molecule has 98 valence electrons. The molecule has 2 atom stereocenters. The summed E-state index contributed by atoms with van der Waals surface area (Å²) in [5.41, 5.74) is 0. The first-order chi connectivity index (χ1) is 8.31. The Morgan fingerprint density at radius 3 is 2.59 bits per heavy atom. The van der Waals surface area contributed by atoms with E-state index in [1.807, 2.05) is 0 Å². The Labute approximate surface area is 107 Å². The molecule has 1 spiro atoms. The van der Waals surface area contributed by atoms with E-state index < -0.39 is 0 Å². The first kappa shape index (κ1) is 12.2. The van der Waals surface area contributed by atoms with E-state index in [9.17, 15) is 0 Å². The van der Waals surface area contributed by atoms with Crippen molar-refractivity contribution in [1.82, 2.24) is 5.32 Å². The van der Waals surface area contributed by atoms with E-state index >= 15 is 0 Å². The van der Waals surface area contributed by atoms with E-state index in [0.717, 1.165) is 45.7 Å². The van der Waals surface area contributed by atoms with Crippen LogP contribution in [0, 0.1) is 0 Å². The van der Waals surface area contributed by atoms with Crippen molar-refractivity contribution >= 4 is 11.8 Å². The topological polar surface area (TPSA) is 39.7 Å². The van der Waals surface area contributed by atoms with E-state index in [2.05, 4.69) is 24.1 Å². The van der Waals surface area contributed by atoms with E-state index in [1.54, 1.807) is 0 Å². The predicted molar refractivity (Wildman–Crippen MR) is 67.3 cm³/mol. The molecule has 1 aliphatic carbocycles. The Balaban J connectivity index is 1.63. The third-order valence-electron chi connectivity index (χ3n) is 3.96. The quantitative estimate of drug-likeness (QED) is 0.819. The van der Waals surface area contributed by atoms with Gasteiger partial charge in [0.2, 0.25) is 0 Å². The Morgan fingerprint density at radius 1 is 1.24 bits per heavy atom. The number of hydrogen-bond acceptors (Lipinski definition) is 5. The van der Waals surface area contributed by atoms with Crippen molar-refractivity contribution < 1.29 is 14.2 Å². The zero-order chi connectivity index (χ0) is 11.7. The summed E-state index contributed by atoms with van der Waals surface area (Å²) < 4.78 is 16.9. The van der Waals surface area contributed by atoms with Gasteiger partial charge in [-0.05, 0) is 13.5 Å². The normalized spacial score (nSPS) is 37.2. The second-order valence-corrected chi connectivity index (χ2v) is 6.62. The molecule has 0 amide bonds. The van der Waals surface area contributed by atoms with Crippen LogP contribution >= 0.6 is 11.8 Å². The fourth-order valence-corrected chi connectivity index (χ4v) is 4.54. The number of thioether (sulfide) groups is 1. The SMILES string of the molecule is CNC1CCC2(CC1SC1COC1)OCCO2. The highest BCUT2D eigenvalue weighted by Gasteiger charge is 2.45. The maximum Gasteiger partial charge on any atom is 0.169 e. The molecule has 0 aromatic heterocycles. The molecular weight excluding hydrogens is 238 g/mol. The van der Waals surface area contributed by atoms with E-state index in [-0.39, 0.29) is 5.79 Å². The van der Waals surface area contributed by atoms with Crippen LogP contribution in [-0.4, -0.2) is 55.8 Å². The van der Waals surface area contributed by atoms with Crippen molar-refractivity contribution in [3.05, 3.63) is 0 Å².